The van der Waals surface area contributed by atoms with Crippen molar-refractivity contribution >= 4 is 17.3 Å². The van der Waals surface area contributed by atoms with E-state index >= 15 is 0 Å². The van der Waals surface area contributed by atoms with E-state index in [2.05, 4.69) is 4.98 Å². The molecule has 0 fully saturated rings. The molecule has 0 amide bonds. The number of alkyl halides is 3. The molecule has 0 spiro atoms. The fourth-order valence-electron chi connectivity index (χ4n) is 1.13. The Bertz CT molecular complexity index is 398. The van der Waals surface area contributed by atoms with Crippen LogP contribution in [0.3, 0.4) is 0 Å². The van der Waals surface area contributed by atoms with Crippen LogP contribution in [0.1, 0.15) is 23.4 Å². The third-order valence-electron chi connectivity index (χ3n) is 1.85. The zero-order chi connectivity index (χ0) is 11.6. The highest BCUT2D eigenvalue weighted by molar-refractivity contribution is 6.17. The van der Waals surface area contributed by atoms with Crippen LogP contribution < -0.4 is 0 Å². The minimum atomic E-state index is -2.78. The Morgan fingerprint density at radius 3 is 2.67 bits per heavy atom. The Balaban J connectivity index is 3.35. The lowest BCUT2D eigenvalue weighted by atomic mass is 10.1. The molecule has 82 valence electrons. The minimum Gasteiger partial charge on any atom is -0.258 e. The molecule has 1 aromatic heterocycles. The summed E-state index contributed by atoms with van der Waals surface area (Å²) in [7, 11) is 0. The van der Waals surface area contributed by atoms with Gasteiger partial charge in [0, 0.05) is 17.5 Å². The smallest absolute Gasteiger partial charge is 0.258 e. The van der Waals surface area contributed by atoms with Crippen LogP contribution in [0, 0.1) is 17.0 Å². The highest BCUT2D eigenvalue weighted by atomic mass is 35.5. The third-order valence-corrected chi connectivity index (χ3v) is 2.13. The summed E-state index contributed by atoms with van der Waals surface area (Å²) in [6.07, 6.45) is -2.78. The summed E-state index contributed by atoms with van der Waals surface area (Å²) in [4.78, 5) is 13.3. The summed E-state index contributed by atoms with van der Waals surface area (Å²) in [5.74, 6) is -0.228. The summed E-state index contributed by atoms with van der Waals surface area (Å²) >= 11 is 5.41. The Hall–Kier alpha value is -1.30. The van der Waals surface area contributed by atoms with Crippen molar-refractivity contribution in [3.8, 4) is 0 Å². The highest BCUT2D eigenvalue weighted by Gasteiger charge is 2.21. The highest BCUT2D eigenvalue weighted by Crippen LogP contribution is 2.27. The van der Waals surface area contributed by atoms with Crippen molar-refractivity contribution in [2.45, 2.75) is 19.2 Å². The summed E-state index contributed by atoms with van der Waals surface area (Å²) in [5, 5.41) is 10.5. The first-order valence-electron chi connectivity index (χ1n) is 3.96. The average molecular weight is 237 g/mol. The van der Waals surface area contributed by atoms with Gasteiger partial charge in [0.1, 0.15) is 11.4 Å². The van der Waals surface area contributed by atoms with E-state index in [1.54, 1.807) is 0 Å². The molecule has 0 saturated carbocycles. The number of rotatable bonds is 3. The van der Waals surface area contributed by atoms with Crippen molar-refractivity contribution in [1.29, 1.82) is 0 Å². The Kier molecular flexibility index (Phi) is 3.52. The average Bonchev–Trinajstić information content (AvgIpc) is 2.16. The summed E-state index contributed by atoms with van der Waals surface area (Å²) in [6, 6.07) is 1.04. The number of pyridine rings is 1. The number of hydrogen-bond acceptors (Lipinski definition) is 3. The quantitative estimate of drug-likeness (QED) is 0.461. The Morgan fingerprint density at radius 1 is 1.67 bits per heavy atom. The third kappa shape index (κ3) is 2.38. The van der Waals surface area contributed by atoms with Crippen LogP contribution in [0.25, 0.3) is 0 Å². The maximum Gasteiger partial charge on any atom is 0.290 e. The number of halogens is 3. The number of aryl methyl sites for hydroxylation is 1. The van der Waals surface area contributed by atoms with Gasteiger partial charge in [-0.3, -0.25) is 10.1 Å². The first kappa shape index (κ1) is 11.8. The van der Waals surface area contributed by atoms with Crippen molar-refractivity contribution in [3.63, 3.8) is 0 Å². The van der Waals surface area contributed by atoms with Crippen molar-refractivity contribution in [3.05, 3.63) is 33.1 Å². The SMILES string of the molecule is Cc1nc(C(F)F)c(CCl)cc1[N+](=O)[O-]. The van der Waals surface area contributed by atoms with Gasteiger partial charge in [0.2, 0.25) is 0 Å². The molecule has 0 aliphatic rings. The maximum absolute atomic E-state index is 12.4. The molecular weight excluding hydrogens is 230 g/mol. The molecule has 0 radical (unpaired) electrons. The largest absolute Gasteiger partial charge is 0.290 e. The molecule has 1 rings (SSSR count). The predicted octanol–water partition coefficient (Wildman–Crippen LogP) is 2.97. The zero-order valence-corrected chi connectivity index (χ0v) is 8.46. The van der Waals surface area contributed by atoms with E-state index in [0.717, 1.165) is 6.07 Å². The van der Waals surface area contributed by atoms with Crippen LogP contribution in [-0.2, 0) is 5.88 Å². The molecule has 0 bridgehead atoms. The molecular formula is C8H7ClF2N2O2. The molecule has 15 heavy (non-hydrogen) atoms. The lowest BCUT2D eigenvalue weighted by Gasteiger charge is -2.06. The molecule has 0 aliphatic heterocycles. The van der Waals surface area contributed by atoms with Crippen LogP contribution >= 0.6 is 11.6 Å². The first-order chi connectivity index (χ1) is 6.97. The van der Waals surface area contributed by atoms with Gasteiger partial charge in [-0.15, -0.1) is 11.6 Å². The van der Waals surface area contributed by atoms with E-state index in [-0.39, 0.29) is 22.8 Å². The first-order valence-corrected chi connectivity index (χ1v) is 4.49. The van der Waals surface area contributed by atoms with Gasteiger partial charge in [-0.05, 0) is 6.92 Å². The molecule has 0 unspecified atom stereocenters. The molecule has 7 heteroatoms. The van der Waals surface area contributed by atoms with Gasteiger partial charge in [0.25, 0.3) is 12.1 Å². The Labute approximate surface area is 89.0 Å². The second kappa shape index (κ2) is 4.48. The van der Waals surface area contributed by atoms with Crippen LogP contribution in [0.15, 0.2) is 6.07 Å². The lowest BCUT2D eigenvalue weighted by molar-refractivity contribution is -0.385. The van der Waals surface area contributed by atoms with E-state index in [1.165, 1.54) is 6.92 Å². The van der Waals surface area contributed by atoms with Crippen molar-refractivity contribution in [2.75, 3.05) is 0 Å². The van der Waals surface area contributed by atoms with Crippen molar-refractivity contribution < 1.29 is 13.7 Å². The van der Waals surface area contributed by atoms with E-state index in [9.17, 15) is 18.9 Å². The predicted molar refractivity (Wildman–Crippen MR) is 50.1 cm³/mol. The molecule has 1 aromatic rings. The molecule has 1 heterocycles. The number of aromatic nitrogens is 1. The number of hydrogen-bond donors (Lipinski definition) is 0. The molecule has 0 aliphatic carbocycles. The summed E-state index contributed by atoms with van der Waals surface area (Å²) < 4.78 is 24.9. The normalized spacial score (nSPS) is 10.7. The maximum atomic E-state index is 12.4. The van der Waals surface area contributed by atoms with Crippen LogP contribution in [-0.4, -0.2) is 9.91 Å². The van der Waals surface area contributed by atoms with E-state index in [1.807, 2.05) is 0 Å². The molecule has 4 nitrogen and oxygen atoms in total. The molecule has 0 saturated heterocycles. The summed E-state index contributed by atoms with van der Waals surface area (Å²) in [6.45, 7) is 1.31. The van der Waals surface area contributed by atoms with Gasteiger partial charge in [-0.25, -0.2) is 13.8 Å². The monoisotopic (exact) mass is 236 g/mol. The fraction of sp³-hybridized carbons (Fsp3) is 0.375. The van der Waals surface area contributed by atoms with Crippen LogP contribution in [0.5, 0.6) is 0 Å². The number of nitro groups is 1. The van der Waals surface area contributed by atoms with E-state index in [0.29, 0.717) is 0 Å². The van der Waals surface area contributed by atoms with Crippen molar-refractivity contribution in [2.24, 2.45) is 0 Å². The Morgan fingerprint density at radius 2 is 2.27 bits per heavy atom. The number of nitrogens with zero attached hydrogens (tertiary/aromatic N) is 2. The topological polar surface area (TPSA) is 56.0 Å². The summed E-state index contributed by atoms with van der Waals surface area (Å²) in [5.41, 5.74) is -0.837. The zero-order valence-electron chi connectivity index (χ0n) is 7.71. The second-order valence-electron chi connectivity index (χ2n) is 2.83. The second-order valence-corrected chi connectivity index (χ2v) is 3.10. The standard InChI is InChI=1S/C8H7ClF2N2O2/c1-4-6(13(14)15)2-5(3-9)7(12-4)8(10)11/h2,8H,3H2,1H3. The van der Waals surface area contributed by atoms with Gasteiger partial charge in [-0.1, -0.05) is 0 Å². The van der Waals surface area contributed by atoms with Gasteiger partial charge >= 0.3 is 0 Å². The fourth-order valence-corrected chi connectivity index (χ4v) is 1.35. The van der Waals surface area contributed by atoms with E-state index < -0.39 is 17.0 Å². The van der Waals surface area contributed by atoms with E-state index in [4.69, 9.17) is 11.6 Å². The van der Waals surface area contributed by atoms with Gasteiger partial charge in [0.05, 0.1) is 4.92 Å². The minimum absolute atomic E-state index is 0.0102. The van der Waals surface area contributed by atoms with Gasteiger partial charge in [-0.2, -0.15) is 0 Å². The van der Waals surface area contributed by atoms with Crippen LogP contribution in [0.2, 0.25) is 0 Å². The van der Waals surface area contributed by atoms with Gasteiger partial charge in [0.15, 0.2) is 0 Å². The molecule has 0 atom stereocenters. The molecule has 0 N–H and O–H groups in total. The molecule has 0 aromatic carbocycles. The van der Waals surface area contributed by atoms with Crippen molar-refractivity contribution in [1.82, 2.24) is 4.98 Å². The van der Waals surface area contributed by atoms with Gasteiger partial charge < -0.3 is 0 Å². The van der Waals surface area contributed by atoms with Crippen LogP contribution in [0.4, 0.5) is 14.5 Å². The lowest BCUT2D eigenvalue weighted by Crippen LogP contribution is -2.03.